The highest BCUT2D eigenvalue weighted by Crippen LogP contribution is 2.10. The lowest BCUT2D eigenvalue weighted by molar-refractivity contribution is -0.132. The Morgan fingerprint density at radius 1 is 1.12 bits per heavy atom. The normalized spacial score (nSPS) is 15.7. The summed E-state index contributed by atoms with van der Waals surface area (Å²) in [5.74, 6) is -0.0528. The van der Waals surface area contributed by atoms with Crippen LogP contribution in [0.4, 0.5) is 0 Å². The molecule has 144 valence electrons. The number of carbonyl (C=O) groups is 2. The maximum Gasteiger partial charge on any atom is 0.251 e. The van der Waals surface area contributed by atoms with Crippen molar-refractivity contribution in [2.45, 2.75) is 6.42 Å². The van der Waals surface area contributed by atoms with Gasteiger partial charge in [-0.05, 0) is 24.3 Å². The molecular weight excluding hydrogens is 422 g/mol. The Kier molecular flexibility index (Phi) is 7.60. The first kappa shape index (κ1) is 20.9. The molecule has 1 aromatic rings. The fourth-order valence-corrected chi connectivity index (χ4v) is 3.51. The molecule has 1 fully saturated rings. The monoisotopic (exact) mass is 445 g/mol. The van der Waals surface area contributed by atoms with Crippen molar-refractivity contribution in [1.29, 1.82) is 0 Å². The van der Waals surface area contributed by atoms with Crippen LogP contribution >= 0.6 is 15.9 Å². The number of nitrogens with one attached hydrogen (secondary N) is 1. The average molecular weight is 446 g/mol. The Labute approximate surface area is 162 Å². The number of hydrogen-bond acceptors (Lipinski definition) is 5. The van der Waals surface area contributed by atoms with Crippen LogP contribution in [0.15, 0.2) is 28.7 Å². The zero-order valence-corrected chi connectivity index (χ0v) is 17.2. The van der Waals surface area contributed by atoms with E-state index in [1.54, 1.807) is 29.2 Å². The highest BCUT2D eigenvalue weighted by Gasteiger charge is 2.21. The van der Waals surface area contributed by atoms with Gasteiger partial charge in [-0.3, -0.25) is 14.5 Å². The fraction of sp³-hybridized carbons (Fsp3) is 0.529. The van der Waals surface area contributed by atoms with Crippen molar-refractivity contribution in [3.8, 4) is 0 Å². The van der Waals surface area contributed by atoms with Crippen LogP contribution < -0.4 is 5.32 Å². The van der Waals surface area contributed by atoms with Gasteiger partial charge < -0.3 is 10.2 Å². The predicted molar refractivity (Wildman–Crippen MR) is 104 cm³/mol. The molecule has 1 aliphatic rings. The summed E-state index contributed by atoms with van der Waals surface area (Å²) in [5, 5.41) is 2.76. The Hall–Kier alpha value is -1.45. The van der Waals surface area contributed by atoms with Crippen LogP contribution in [-0.4, -0.2) is 81.3 Å². The van der Waals surface area contributed by atoms with Crippen LogP contribution in [-0.2, 0) is 14.6 Å². The molecule has 2 rings (SSSR count). The Balaban J connectivity index is 1.67. The lowest BCUT2D eigenvalue weighted by Gasteiger charge is -2.34. The van der Waals surface area contributed by atoms with E-state index in [0.29, 0.717) is 44.8 Å². The highest BCUT2D eigenvalue weighted by molar-refractivity contribution is 9.10. The van der Waals surface area contributed by atoms with Gasteiger partial charge in [0.2, 0.25) is 5.91 Å². The molecule has 0 aromatic heterocycles. The van der Waals surface area contributed by atoms with Crippen LogP contribution in [0, 0.1) is 0 Å². The standard InChI is InChI=1S/C17H24BrN3O4S/c1-26(24,25)13-12-20-8-10-21(11-9-20)16(22)6-7-19-17(23)14-2-4-15(18)5-3-14/h2-5H,6-13H2,1H3,(H,19,23). The predicted octanol–water partition coefficient (Wildman–Crippen LogP) is 0.758. The number of rotatable bonds is 7. The second-order valence-corrected chi connectivity index (χ2v) is 9.54. The number of halogens is 1. The van der Waals surface area contributed by atoms with E-state index in [2.05, 4.69) is 26.1 Å². The largest absolute Gasteiger partial charge is 0.352 e. The van der Waals surface area contributed by atoms with Gasteiger partial charge in [0.15, 0.2) is 0 Å². The van der Waals surface area contributed by atoms with E-state index < -0.39 is 9.84 Å². The number of hydrogen-bond donors (Lipinski definition) is 1. The van der Waals surface area contributed by atoms with Crippen molar-refractivity contribution < 1.29 is 18.0 Å². The Bertz CT molecular complexity index is 729. The molecule has 9 heteroatoms. The number of carbonyl (C=O) groups excluding carboxylic acids is 2. The number of piperazine rings is 1. The summed E-state index contributed by atoms with van der Waals surface area (Å²) in [5.41, 5.74) is 0.556. The quantitative estimate of drug-likeness (QED) is 0.669. The molecule has 0 unspecified atom stereocenters. The smallest absolute Gasteiger partial charge is 0.251 e. The number of nitrogens with zero attached hydrogens (tertiary/aromatic N) is 2. The molecule has 1 saturated heterocycles. The van der Waals surface area contributed by atoms with E-state index in [1.807, 2.05) is 0 Å². The van der Waals surface area contributed by atoms with E-state index in [4.69, 9.17) is 0 Å². The van der Waals surface area contributed by atoms with Gasteiger partial charge in [-0.1, -0.05) is 15.9 Å². The zero-order chi connectivity index (χ0) is 19.2. The van der Waals surface area contributed by atoms with Crippen LogP contribution in [0.2, 0.25) is 0 Å². The van der Waals surface area contributed by atoms with Crippen LogP contribution in [0.5, 0.6) is 0 Å². The summed E-state index contributed by atoms with van der Waals surface area (Å²) in [6, 6.07) is 7.03. The third kappa shape index (κ3) is 7.05. The molecule has 2 amide bonds. The minimum absolute atomic E-state index is 0.00358. The minimum Gasteiger partial charge on any atom is -0.352 e. The fourth-order valence-electron chi connectivity index (χ4n) is 2.66. The molecule has 0 spiro atoms. The molecule has 7 nitrogen and oxygen atoms in total. The Morgan fingerprint density at radius 3 is 2.31 bits per heavy atom. The minimum atomic E-state index is -2.96. The molecule has 1 N–H and O–H groups in total. The van der Waals surface area contributed by atoms with Crippen LogP contribution in [0.3, 0.4) is 0 Å². The first-order valence-corrected chi connectivity index (χ1v) is 11.3. The first-order valence-electron chi connectivity index (χ1n) is 8.46. The van der Waals surface area contributed by atoms with Gasteiger partial charge in [0.1, 0.15) is 9.84 Å². The van der Waals surface area contributed by atoms with Gasteiger partial charge in [-0.2, -0.15) is 0 Å². The van der Waals surface area contributed by atoms with Crippen molar-refractivity contribution in [2.24, 2.45) is 0 Å². The van der Waals surface area contributed by atoms with Crippen molar-refractivity contribution in [3.63, 3.8) is 0 Å². The SMILES string of the molecule is CS(=O)(=O)CCN1CCN(C(=O)CCNC(=O)c2ccc(Br)cc2)CC1. The number of benzene rings is 1. The molecule has 1 heterocycles. The summed E-state index contributed by atoms with van der Waals surface area (Å²) in [6.45, 7) is 3.32. The van der Waals surface area contributed by atoms with Crippen molar-refractivity contribution in [3.05, 3.63) is 34.3 Å². The molecule has 0 aliphatic carbocycles. The second-order valence-electron chi connectivity index (χ2n) is 6.37. The van der Waals surface area contributed by atoms with Gasteiger partial charge in [0.25, 0.3) is 5.91 Å². The molecule has 0 saturated carbocycles. The second kappa shape index (κ2) is 9.48. The van der Waals surface area contributed by atoms with Gasteiger partial charge in [0.05, 0.1) is 5.75 Å². The summed E-state index contributed by atoms with van der Waals surface area (Å²) in [6.07, 6.45) is 1.49. The third-order valence-electron chi connectivity index (χ3n) is 4.23. The van der Waals surface area contributed by atoms with E-state index in [9.17, 15) is 18.0 Å². The van der Waals surface area contributed by atoms with Crippen molar-refractivity contribution in [2.75, 3.05) is 51.3 Å². The highest BCUT2D eigenvalue weighted by atomic mass is 79.9. The molecule has 26 heavy (non-hydrogen) atoms. The topological polar surface area (TPSA) is 86.8 Å². The molecular formula is C17H24BrN3O4S. The summed E-state index contributed by atoms with van der Waals surface area (Å²) >= 11 is 3.32. The maximum atomic E-state index is 12.2. The van der Waals surface area contributed by atoms with Gasteiger partial charge in [-0.25, -0.2) is 8.42 Å². The number of amides is 2. The van der Waals surface area contributed by atoms with Crippen molar-refractivity contribution in [1.82, 2.24) is 15.1 Å². The molecule has 0 atom stereocenters. The molecule has 1 aliphatic heterocycles. The lowest BCUT2D eigenvalue weighted by atomic mass is 10.2. The van der Waals surface area contributed by atoms with E-state index >= 15 is 0 Å². The van der Waals surface area contributed by atoms with Gasteiger partial charge in [-0.15, -0.1) is 0 Å². The first-order chi connectivity index (χ1) is 12.2. The van der Waals surface area contributed by atoms with E-state index in [1.165, 1.54) is 6.26 Å². The van der Waals surface area contributed by atoms with Gasteiger partial charge >= 0.3 is 0 Å². The molecule has 0 radical (unpaired) electrons. The van der Waals surface area contributed by atoms with Crippen LogP contribution in [0.1, 0.15) is 16.8 Å². The van der Waals surface area contributed by atoms with E-state index in [-0.39, 0.29) is 24.0 Å². The average Bonchev–Trinajstić information content (AvgIpc) is 2.60. The summed E-state index contributed by atoms with van der Waals surface area (Å²) < 4.78 is 23.3. The van der Waals surface area contributed by atoms with Gasteiger partial charge in [0, 0.05) is 62.0 Å². The molecule has 1 aromatic carbocycles. The lowest BCUT2D eigenvalue weighted by Crippen LogP contribution is -2.50. The molecule has 0 bridgehead atoms. The zero-order valence-electron chi connectivity index (χ0n) is 14.8. The Morgan fingerprint density at radius 2 is 1.73 bits per heavy atom. The maximum absolute atomic E-state index is 12.2. The third-order valence-corrected chi connectivity index (χ3v) is 5.69. The summed E-state index contributed by atoms with van der Waals surface area (Å²) in [7, 11) is -2.96. The number of sulfone groups is 1. The summed E-state index contributed by atoms with van der Waals surface area (Å²) in [4.78, 5) is 28.1. The van der Waals surface area contributed by atoms with Crippen LogP contribution in [0.25, 0.3) is 0 Å². The van der Waals surface area contributed by atoms with Crippen molar-refractivity contribution >= 4 is 37.6 Å². The van der Waals surface area contributed by atoms with E-state index in [0.717, 1.165) is 4.47 Å².